The third-order valence-corrected chi connectivity index (χ3v) is 5.55. The molecule has 2 aromatic rings. The van der Waals surface area contributed by atoms with Crippen molar-refractivity contribution in [1.29, 1.82) is 0 Å². The van der Waals surface area contributed by atoms with Gasteiger partial charge in [0.15, 0.2) is 0 Å². The predicted octanol–water partition coefficient (Wildman–Crippen LogP) is 4.78. The van der Waals surface area contributed by atoms with Crippen LogP contribution in [0.25, 0.3) is 6.08 Å². The van der Waals surface area contributed by atoms with Crippen LogP contribution in [0.4, 0.5) is 0 Å². The van der Waals surface area contributed by atoms with Crippen LogP contribution in [0.2, 0.25) is 10.0 Å². The molecule has 1 aliphatic rings. The van der Waals surface area contributed by atoms with E-state index in [-0.39, 0.29) is 5.91 Å². The summed E-state index contributed by atoms with van der Waals surface area (Å²) in [5.74, 6) is 0.209. The summed E-state index contributed by atoms with van der Waals surface area (Å²) in [5.41, 5.74) is 2.26. The van der Waals surface area contributed by atoms with E-state index in [1.165, 1.54) is 5.56 Å². The van der Waals surface area contributed by atoms with Crippen LogP contribution in [0, 0.1) is 0 Å². The first-order valence-corrected chi connectivity index (χ1v) is 10.0. The second kappa shape index (κ2) is 9.93. The van der Waals surface area contributed by atoms with Crippen molar-refractivity contribution in [3.8, 4) is 0 Å². The molecule has 0 spiro atoms. The monoisotopic (exact) mass is 402 g/mol. The summed E-state index contributed by atoms with van der Waals surface area (Å²) in [5, 5.41) is 1.09. The number of hydrogen-bond acceptors (Lipinski definition) is 2. The topological polar surface area (TPSA) is 23.6 Å². The summed E-state index contributed by atoms with van der Waals surface area (Å²) >= 11 is 12.0. The zero-order chi connectivity index (χ0) is 19.1. The third-order valence-electron chi connectivity index (χ3n) is 4.81. The van der Waals surface area contributed by atoms with Crippen molar-refractivity contribution in [2.24, 2.45) is 0 Å². The van der Waals surface area contributed by atoms with Gasteiger partial charge in [-0.2, -0.15) is 0 Å². The van der Waals surface area contributed by atoms with Gasteiger partial charge in [-0.3, -0.25) is 9.69 Å². The van der Waals surface area contributed by atoms with Crippen molar-refractivity contribution in [3.05, 3.63) is 75.8 Å². The van der Waals surface area contributed by atoms with Crippen molar-refractivity contribution in [2.75, 3.05) is 32.7 Å². The Hall–Kier alpha value is -1.81. The Balaban J connectivity index is 1.39. The fraction of sp³-hybridized carbons (Fsp3) is 0.318. The molecule has 1 fully saturated rings. The van der Waals surface area contributed by atoms with Gasteiger partial charge in [0.05, 0.1) is 10.0 Å². The number of hydrogen-bond donors (Lipinski definition) is 0. The molecule has 1 aliphatic heterocycles. The van der Waals surface area contributed by atoms with Crippen molar-refractivity contribution in [3.63, 3.8) is 0 Å². The summed E-state index contributed by atoms with van der Waals surface area (Å²) < 4.78 is 0. The number of piperazine rings is 1. The van der Waals surface area contributed by atoms with Gasteiger partial charge in [-0.25, -0.2) is 0 Å². The largest absolute Gasteiger partial charge is 0.340 e. The Morgan fingerprint density at radius 1 is 0.963 bits per heavy atom. The predicted molar refractivity (Wildman–Crippen MR) is 113 cm³/mol. The second-order valence-electron chi connectivity index (χ2n) is 6.74. The molecule has 5 heteroatoms. The summed E-state index contributed by atoms with van der Waals surface area (Å²) in [6.07, 6.45) is 5.54. The minimum atomic E-state index is 0.209. The average Bonchev–Trinajstić information content (AvgIpc) is 2.70. The van der Waals surface area contributed by atoms with Crippen LogP contribution in [-0.2, 0) is 11.2 Å². The van der Waals surface area contributed by atoms with E-state index >= 15 is 0 Å². The van der Waals surface area contributed by atoms with Crippen molar-refractivity contribution < 1.29 is 4.79 Å². The van der Waals surface area contributed by atoms with Crippen LogP contribution >= 0.6 is 23.2 Å². The minimum Gasteiger partial charge on any atom is -0.340 e. The molecule has 2 aromatic carbocycles. The molecule has 1 amide bonds. The number of carbonyl (C=O) groups excluding carboxylic acids is 1. The lowest BCUT2D eigenvalue weighted by Gasteiger charge is -2.34. The van der Waals surface area contributed by atoms with Gasteiger partial charge >= 0.3 is 0 Å². The van der Waals surface area contributed by atoms with Crippen LogP contribution in [0.15, 0.2) is 54.6 Å². The summed E-state index contributed by atoms with van der Waals surface area (Å²) in [7, 11) is 0. The zero-order valence-corrected chi connectivity index (χ0v) is 16.8. The zero-order valence-electron chi connectivity index (χ0n) is 15.3. The Morgan fingerprint density at radius 3 is 2.41 bits per heavy atom. The molecule has 0 aliphatic carbocycles. The van der Waals surface area contributed by atoms with E-state index in [0.717, 1.165) is 38.3 Å². The van der Waals surface area contributed by atoms with E-state index in [2.05, 4.69) is 29.2 Å². The molecule has 0 atom stereocenters. The smallest absolute Gasteiger partial charge is 0.222 e. The molecular formula is C22H24Cl2N2O. The average molecular weight is 403 g/mol. The molecule has 0 N–H and O–H groups in total. The van der Waals surface area contributed by atoms with Gasteiger partial charge in [-0.15, -0.1) is 0 Å². The van der Waals surface area contributed by atoms with Gasteiger partial charge in [-0.05, 0) is 29.7 Å². The molecule has 0 bridgehead atoms. The maximum atomic E-state index is 12.5. The fourth-order valence-corrected chi connectivity index (χ4v) is 3.51. The highest BCUT2D eigenvalue weighted by Gasteiger charge is 2.20. The van der Waals surface area contributed by atoms with Gasteiger partial charge < -0.3 is 4.90 Å². The van der Waals surface area contributed by atoms with Gasteiger partial charge in [0.1, 0.15) is 0 Å². The molecular weight excluding hydrogens is 379 g/mol. The summed E-state index contributed by atoms with van der Waals surface area (Å²) in [4.78, 5) is 16.8. The van der Waals surface area contributed by atoms with E-state index in [9.17, 15) is 4.79 Å². The first-order valence-electron chi connectivity index (χ1n) is 9.27. The molecule has 0 aromatic heterocycles. The number of nitrogens with zero attached hydrogens (tertiary/aromatic N) is 2. The molecule has 0 radical (unpaired) electrons. The maximum absolute atomic E-state index is 12.5. The van der Waals surface area contributed by atoms with Gasteiger partial charge in [0, 0.05) is 39.1 Å². The number of aryl methyl sites for hydroxylation is 1. The Labute approximate surface area is 171 Å². The van der Waals surface area contributed by atoms with E-state index in [1.54, 1.807) is 6.07 Å². The van der Waals surface area contributed by atoms with Crippen LogP contribution in [0.5, 0.6) is 0 Å². The van der Waals surface area contributed by atoms with Crippen LogP contribution in [0.1, 0.15) is 17.5 Å². The van der Waals surface area contributed by atoms with Gasteiger partial charge in [0.25, 0.3) is 0 Å². The van der Waals surface area contributed by atoms with Crippen molar-refractivity contribution >= 4 is 35.2 Å². The normalized spacial score (nSPS) is 15.4. The lowest BCUT2D eigenvalue weighted by molar-refractivity contribution is -0.132. The molecule has 27 heavy (non-hydrogen) atoms. The Kier molecular flexibility index (Phi) is 7.33. The van der Waals surface area contributed by atoms with Crippen LogP contribution < -0.4 is 0 Å². The third kappa shape index (κ3) is 6.10. The number of amides is 1. The highest BCUT2D eigenvalue weighted by atomic mass is 35.5. The van der Waals surface area contributed by atoms with Gasteiger partial charge in [-0.1, -0.05) is 71.8 Å². The highest BCUT2D eigenvalue weighted by molar-refractivity contribution is 6.42. The molecule has 142 valence electrons. The molecule has 1 heterocycles. The van der Waals surface area contributed by atoms with Crippen LogP contribution in [-0.4, -0.2) is 48.4 Å². The molecule has 0 saturated carbocycles. The summed E-state index contributed by atoms with van der Waals surface area (Å²) in [6.45, 7) is 4.33. The Bertz CT molecular complexity index is 784. The number of rotatable bonds is 6. The second-order valence-corrected chi connectivity index (χ2v) is 7.56. The standard InChI is InChI=1S/C22H24Cl2N2O/c23-20-10-8-19(17-21(20)24)9-11-22(27)26-15-13-25(14-16-26)12-4-7-18-5-2-1-3-6-18/h1-8,10,17H,9,11-16H2/b7-4+. The quantitative estimate of drug-likeness (QED) is 0.693. The fourth-order valence-electron chi connectivity index (χ4n) is 3.19. The van der Waals surface area contributed by atoms with E-state index in [1.807, 2.05) is 35.2 Å². The number of carbonyl (C=O) groups is 1. The van der Waals surface area contributed by atoms with Gasteiger partial charge in [0.2, 0.25) is 5.91 Å². The molecule has 1 saturated heterocycles. The summed E-state index contributed by atoms with van der Waals surface area (Å²) in [6, 6.07) is 15.9. The lowest BCUT2D eigenvalue weighted by Crippen LogP contribution is -2.48. The first kappa shape index (κ1) is 19.9. The first-order chi connectivity index (χ1) is 13.1. The maximum Gasteiger partial charge on any atom is 0.222 e. The molecule has 0 unspecified atom stereocenters. The minimum absolute atomic E-state index is 0.209. The molecule has 3 rings (SSSR count). The number of benzene rings is 2. The van der Waals surface area contributed by atoms with Crippen molar-refractivity contribution in [2.45, 2.75) is 12.8 Å². The highest BCUT2D eigenvalue weighted by Crippen LogP contribution is 2.23. The van der Waals surface area contributed by atoms with E-state index in [0.29, 0.717) is 22.9 Å². The SMILES string of the molecule is O=C(CCc1ccc(Cl)c(Cl)c1)N1CCN(C/C=C/c2ccccc2)CC1. The lowest BCUT2D eigenvalue weighted by atomic mass is 10.1. The van der Waals surface area contributed by atoms with Crippen LogP contribution in [0.3, 0.4) is 0 Å². The van der Waals surface area contributed by atoms with E-state index in [4.69, 9.17) is 23.2 Å². The number of halogens is 2. The Morgan fingerprint density at radius 2 is 1.70 bits per heavy atom. The van der Waals surface area contributed by atoms with Crippen molar-refractivity contribution in [1.82, 2.24) is 9.80 Å². The molecule has 3 nitrogen and oxygen atoms in total. The van der Waals surface area contributed by atoms with E-state index < -0.39 is 0 Å².